The van der Waals surface area contributed by atoms with Gasteiger partial charge in [-0.3, -0.25) is 0 Å². The number of thioether (sulfide) groups is 1. The van der Waals surface area contributed by atoms with Crippen molar-refractivity contribution in [3.63, 3.8) is 0 Å². The van der Waals surface area contributed by atoms with Gasteiger partial charge in [-0.05, 0) is 36.3 Å². The third-order valence-corrected chi connectivity index (χ3v) is 3.65. The molecule has 2 rings (SSSR count). The van der Waals surface area contributed by atoms with E-state index in [1.165, 1.54) is 17.7 Å². The van der Waals surface area contributed by atoms with Crippen LogP contribution in [0.15, 0.2) is 29.2 Å². The van der Waals surface area contributed by atoms with E-state index in [-0.39, 0.29) is 6.10 Å². The highest BCUT2D eigenvalue weighted by atomic mass is 32.2. The molecule has 0 bridgehead atoms. The maximum absolute atomic E-state index is 9.95. The lowest BCUT2D eigenvalue weighted by Gasteiger charge is -2.12. The highest BCUT2D eigenvalue weighted by Crippen LogP contribution is 2.22. The Hall–Kier alpha value is -0.510. The SMILES string of the molecule is CCSc1ccc(C(O)CNC2CC2)cc1. The van der Waals surface area contributed by atoms with E-state index in [2.05, 4.69) is 24.4 Å². The van der Waals surface area contributed by atoms with Gasteiger partial charge in [-0.25, -0.2) is 0 Å². The molecule has 0 radical (unpaired) electrons. The summed E-state index contributed by atoms with van der Waals surface area (Å²) in [6.07, 6.45) is 2.15. The van der Waals surface area contributed by atoms with Crippen LogP contribution in [0.5, 0.6) is 0 Å². The summed E-state index contributed by atoms with van der Waals surface area (Å²) in [5, 5.41) is 13.3. The highest BCUT2D eigenvalue weighted by Gasteiger charge is 2.21. The van der Waals surface area contributed by atoms with Gasteiger partial charge in [0.25, 0.3) is 0 Å². The Morgan fingerprint density at radius 2 is 2.06 bits per heavy atom. The molecule has 2 nitrogen and oxygen atoms in total. The van der Waals surface area contributed by atoms with Crippen LogP contribution in [0.25, 0.3) is 0 Å². The fraction of sp³-hybridized carbons (Fsp3) is 0.538. The van der Waals surface area contributed by atoms with Gasteiger partial charge in [-0.2, -0.15) is 0 Å². The fourth-order valence-electron chi connectivity index (χ4n) is 1.64. The molecule has 3 heteroatoms. The first-order valence-electron chi connectivity index (χ1n) is 5.94. The molecule has 0 heterocycles. The van der Waals surface area contributed by atoms with E-state index in [1.807, 2.05) is 23.9 Å². The maximum Gasteiger partial charge on any atom is 0.0914 e. The molecule has 1 aromatic rings. The summed E-state index contributed by atoms with van der Waals surface area (Å²) in [5.74, 6) is 1.09. The zero-order valence-corrected chi connectivity index (χ0v) is 10.5. The number of hydrogen-bond acceptors (Lipinski definition) is 3. The summed E-state index contributed by atoms with van der Waals surface area (Å²) < 4.78 is 0. The molecule has 1 aliphatic rings. The third-order valence-electron chi connectivity index (χ3n) is 2.75. The summed E-state index contributed by atoms with van der Waals surface area (Å²) in [6, 6.07) is 8.88. The Kier molecular flexibility index (Phi) is 4.27. The molecule has 0 spiro atoms. The number of rotatable bonds is 6. The molecular weight excluding hydrogens is 218 g/mol. The van der Waals surface area contributed by atoms with Crippen LogP contribution in [0.2, 0.25) is 0 Å². The largest absolute Gasteiger partial charge is 0.387 e. The van der Waals surface area contributed by atoms with Crippen LogP contribution in [0, 0.1) is 0 Å². The summed E-state index contributed by atoms with van der Waals surface area (Å²) in [6.45, 7) is 2.82. The lowest BCUT2D eigenvalue weighted by Crippen LogP contribution is -2.23. The fourth-order valence-corrected chi connectivity index (χ4v) is 2.30. The molecule has 1 atom stereocenters. The predicted octanol–water partition coefficient (Wildman–Crippen LogP) is 2.58. The van der Waals surface area contributed by atoms with Crippen molar-refractivity contribution in [3.8, 4) is 0 Å². The number of aliphatic hydroxyl groups excluding tert-OH is 1. The zero-order chi connectivity index (χ0) is 11.4. The van der Waals surface area contributed by atoms with Crippen LogP contribution in [0.1, 0.15) is 31.4 Å². The molecule has 88 valence electrons. The third kappa shape index (κ3) is 3.51. The Labute approximate surface area is 101 Å². The summed E-state index contributed by atoms with van der Waals surface area (Å²) >= 11 is 1.83. The van der Waals surface area contributed by atoms with E-state index in [0.717, 1.165) is 11.3 Å². The molecule has 16 heavy (non-hydrogen) atoms. The quantitative estimate of drug-likeness (QED) is 0.746. The molecule has 1 aliphatic carbocycles. The van der Waals surface area contributed by atoms with Gasteiger partial charge in [-0.1, -0.05) is 19.1 Å². The average molecular weight is 237 g/mol. The first-order valence-corrected chi connectivity index (χ1v) is 6.92. The monoisotopic (exact) mass is 237 g/mol. The lowest BCUT2D eigenvalue weighted by molar-refractivity contribution is 0.174. The van der Waals surface area contributed by atoms with Gasteiger partial charge in [-0.15, -0.1) is 11.8 Å². The van der Waals surface area contributed by atoms with Crippen molar-refractivity contribution >= 4 is 11.8 Å². The smallest absolute Gasteiger partial charge is 0.0914 e. The second-order valence-corrected chi connectivity index (χ2v) is 5.54. The number of hydrogen-bond donors (Lipinski definition) is 2. The molecule has 1 fully saturated rings. The van der Waals surface area contributed by atoms with E-state index in [1.54, 1.807) is 0 Å². The summed E-state index contributed by atoms with van der Waals surface area (Å²) in [7, 11) is 0. The van der Waals surface area contributed by atoms with Crippen molar-refractivity contribution in [2.45, 2.75) is 36.8 Å². The van der Waals surface area contributed by atoms with Gasteiger partial charge in [0.1, 0.15) is 0 Å². The average Bonchev–Trinajstić information content (AvgIpc) is 3.11. The maximum atomic E-state index is 9.95. The molecule has 1 unspecified atom stereocenters. The van der Waals surface area contributed by atoms with Gasteiger partial charge in [0.05, 0.1) is 6.10 Å². The van der Waals surface area contributed by atoms with Crippen molar-refractivity contribution in [3.05, 3.63) is 29.8 Å². The molecule has 0 amide bonds. The van der Waals surface area contributed by atoms with E-state index < -0.39 is 0 Å². The van der Waals surface area contributed by atoms with E-state index in [4.69, 9.17) is 0 Å². The zero-order valence-electron chi connectivity index (χ0n) is 9.65. The molecule has 0 saturated heterocycles. The Morgan fingerprint density at radius 3 is 2.62 bits per heavy atom. The topological polar surface area (TPSA) is 32.3 Å². The summed E-state index contributed by atoms with van der Waals surface area (Å²) in [4.78, 5) is 1.27. The summed E-state index contributed by atoms with van der Waals surface area (Å²) in [5.41, 5.74) is 1.01. The van der Waals surface area contributed by atoms with Gasteiger partial charge in [0.2, 0.25) is 0 Å². The van der Waals surface area contributed by atoms with Crippen molar-refractivity contribution < 1.29 is 5.11 Å². The first-order chi connectivity index (χ1) is 7.79. The van der Waals surface area contributed by atoms with E-state index in [0.29, 0.717) is 12.6 Å². The minimum atomic E-state index is -0.374. The molecule has 0 aromatic heterocycles. The van der Waals surface area contributed by atoms with Crippen LogP contribution < -0.4 is 5.32 Å². The second-order valence-electron chi connectivity index (χ2n) is 4.20. The first kappa shape index (κ1) is 12.0. The van der Waals surface area contributed by atoms with Crippen LogP contribution in [0.3, 0.4) is 0 Å². The van der Waals surface area contributed by atoms with Gasteiger partial charge >= 0.3 is 0 Å². The van der Waals surface area contributed by atoms with Crippen LogP contribution >= 0.6 is 11.8 Å². The van der Waals surface area contributed by atoms with Crippen LogP contribution in [-0.2, 0) is 0 Å². The molecule has 1 aromatic carbocycles. The number of nitrogens with one attached hydrogen (secondary N) is 1. The lowest BCUT2D eigenvalue weighted by atomic mass is 10.1. The molecule has 1 saturated carbocycles. The van der Waals surface area contributed by atoms with Gasteiger partial charge < -0.3 is 10.4 Å². The second kappa shape index (κ2) is 5.71. The van der Waals surface area contributed by atoms with Crippen molar-refractivity contribution in [2.75, 3.05) is 12.3 Å². The molecule has 2 N–H and O–H groups in total. The van der Waals surface area contributed by atoms with Gasteiger partial charge in [0, 0.05) is 17.5 Å². The van der Waals surface area contributed by atoms with Crippen LogP contribution in [-0.4, -0.2) is 23.4 Å². The standard InChI is InChI=1S/C13H19NOS/c1-2-16-12-7-3-10(4-8-12)13(15)9-14-11-5-6-11/h3-4,7-8,11,13-15H,2,5-6,9H2,1H3. The van der Waals surface area contributed by atoms with E-state index >= 15 is 0 Å². The Morgan fingerprint density at radius 1 is 1.38 bits per heavy atom. The number of benzene rings is 1. The molecular formula is C13H19NOS. The van der Waals surface area contributed by atoms with Crippen molar-refractivity contribution in [1.29, 1.82) is 0 Å². The van der Waals surface area contributed by atoms with E-state index in [9.17, 15) is 5.11 Å². The minimum Gasteiger partial charge on any atom is -0.387 e. The van der Waals surface area contributed by atoms with Crippen LogP contribution in [0.4, 0.5) is 0 Å². The Bertz CT molecular complexity index is 321. The van der Waals surface area contributed by atoms with Gasteiger partial charge in [0.15, 0.2) is 0 Å². The minimum absolute atomic E-state index is 0.374. The highest BCUT2D eigenvalue weighted by molar-refractivity contribution is 7.99. The number of aliphatic hydroxyl groups is 1. The predicted molar refractivity (Wildman–Crippen MR) is 68.8 cm³/mol. The Balaban J connectivity index is 1.86. The molecule has 0 aliphatic heterocycles. The normalized spacial score (nSPS) is 17.4. The van der Waals surface area contributed by atoms with Crippen molar-refractivity contribution in [1.82, 2.24) is 5.32 Å². The van der Waals surface area contributed by atoms with Crippen molar-refractivity contribution in [2.24, 2.45) is 0 Å².